The molecule has 0 unspecified atom stereocenters. The summed E-state index contributed by atoms with van der Waals surface area (Å²) in [6.07, 6.45) is 3.26. The second kappa shape index (κ2) is 7.46. The zero-order valence-corrected chi connectivity index (χ0v) is 13.2. The van der Waals surface area contributed by atoms with E-state index < -0.39 is 0 Å². The highest BCUT2D eigenvalue weighted by molar-refractivity contribution is 5.91. The van der Waals surface area contributed by atoms with Gasteiger partial charge in [0.25, 0.3) is 0 Å². The summed E-state index contributed by atoms with van der Waals surface area (Å²) in [7, 11) is 0. The van der Waals surface area contributed by atoms with Crippen molar-refractivity contribution >= 4 is 22.6 Å². The van der Waals surface area contributed by atoms with Crippen LogP contribution >= 0.6 is 0 Å². The Hall–Kier alpha value is -3.08. The Morgan fingerprint density at radius 1 is 1.00 bits per heavy atom. The van der Waals surface area contributed by atoms with Crippen molar-refractivity contribution in [2.75, 3.05) is 11.9 Å². The Morgan fingerprint density at radius 3 is 2.58 bits per heavy atom. The molecule has 0 bridgehead atoms. The van der Waals surface area contributed by atoms with Crippen LogP contribution in [0.15, 0.2) is 65.6 Å². The van der Waals surface area contributed by atoms with Gasteiger partial charge in [-0.15, -0.1) is 0 Å². The Kier molecular flexibility index (Phi) is 4.91. The van der Waals surface area contributed by atoms with E-state index in [0.29, 0.717) is 11.9 Å². The number of nitrogens with one attached hydrogen (secondary N) is 3. The van der Waals surface area contributed by atoms with E-state index in [1.807, 2.05) is 30.3 Å². The highest BCUT2D eigenvalue weighted by Crippen LogP contribution is 2.09. The maximum Gasteiger partial charge on any atom is 0.319 e. The number of fused-ring (bicyclic) bond motifs is 1. The highest BCUT2D eigenvalue weighted by atomic mass is 16.2. The van der Waals surface area contributed by atoms with E-state index in [4.69, 9.17) is 0 Å². The van der Waals surface area contributed by atoms with Gasteiger partial charge in [0.1, 0.15) is 5.69 Å². The number of benzene rings is 2. The molecule has 122 valence electrons. The standard InChI is InChI=1S/C19H19N3O2/c23-18-15-10-4-5-11-16(15)21-13-17(18)22-19(24)20-12-6-9-14-7-2-1-3-8-14/h1-5,7-8,10-11,13H,6,9,12H2,(H,21,23)(H2,20,22,24). The monoisotopic (exact) mass is 321 g/mol. The topological polar surface area (TPSA) is 74.0 Å². The molecule has 1 heterocycles. The van der Waals surface area contributed by atoms with E-state index in [2.05, 4.69) is 27.8 Å². The van der Waals surface area contributed by atoms with Gasteiger partial charge in [0.15, 0.2) is 0 Å². The molecule has 3 rings (SSSR count). The molecule has 3 N–H and O–H groups in total. The third-order valence-electron chi connectivity index (χ3n) is 3.81. The van der Waals surface area contributed by atoms with Crippen molar-refractivity contribution in [3.05, 3.63) is 76.6 Å². The second-order valence-corrected chi connectivity index (χ2v) is 5.55. The number of hydrogen-bond acceptors (Lipinski definition) is 2. The number of aryl methyl sites for hydroxylation is 1. The number of aromatic amines is 1. The lowest BCUT2D eigenvalue weighted by molar-refractivity contribution is 0.252. The average Bonchev–Trinajstić information content (AvgIpc) is 2.62. The quantitative estimate of drug-likeness (QED) is 0.631. The molecule has 2 amide bonds. The Bertz CT molecular complexity index is 888. The van der Waals surface area contributed by atoms with E-state index >= 15 is 0 Å². The number of urea groups is 1. The third kappa shape index (κ3) is 3.81. The largest absolute Gasteiger partial charge is 0.359 e. The number of pyridine rings is 1. The van der Waals surface area contributed by atoms with Gasteiger partial charge in [-0.1, -0.05) is 42.5 Å². The Balaban J connectivity index is 1.53. The Labute approximate surface area is 139 Å². The molecule has 1 aromatic heterocycles. The van der Waals surface area contributed by atoms with Crippen molar-refractivity contribution in [2.45, 2.75) is 12.8 Å². The first-order valence-corrected chi connectivity index (χ1v) is 7.93. The van der Waals surface area contributed by atoms with Crippen molar-refractivity contribution < 1.29 is 4.79 Å². The van der Waals surface area contributed by atoms with Gasteiger partial charge in [0, 0.05) is 23.6 Å². The molecule has 5 heteroatoms. The first kappa shape index (κ1) is 15.8. The first-order chi connectivity index (χ1) is 11.7. The smallest absolute Gasteiger partial charge is 0.319 e. The van der Waals surface area contributed by atoms with Crippen LogP contribution in [-0.4, -0.2) is 17.6 Å². The molecule has 0 saturated heterocycles. The summed E-state index contributed by atoms with van der Waals surface area (Å²) >= 11 is 0. The number of H-pyrrole nitrogens is 1. The summed E-state index contributed by atoms with van der Waals surface area (Å²) in [5.41, 5.74) is 2.04. The van der Waals surface area contributed by atoms with Crippen molar-refractivity contribution in [3.8, 4) is 0 Å². The molecule has 0 radical (unpaired) electrons. The van der Waals surface area contributed by atoms with Crippen LogP contribution in [-0.2, 0) is 6.42 Å². The second-order valence-electron chi connectivity index (χ2n) is 5.55. The minimum absolute atomic E-state index is 0.191. The fourth-order valence-electron chi connectivity index (χ4n) is 2.57. The van der Waals surface area contributed by atoms with Gasteiger partial charge in [-0.25, -0.2) is 4.79 Å². The maximum absolute atomic E-state index is 12.3. The number of rotatable bonds is 5. The summed E-state index contributed by atoms with van der Waals surface area (Å²) in [4.78, 5) is 27.3. The van der Waals surface area contributed by atoms with Gasteiger partial charge in [0.2, 0.25) is 5.43 Å². The predicted molar refractivity (Wildman–Crippen MR) is 96.4 cm³/mol. The van der Waals surface area contributed by atoms with Crippen molar-refractivity contribution in [1.29, 1.82) is 0 Å². The zero-order valence-electron chi connectivity index (χ0n) is 13.2. The van der Waals surface area contributed by atoms with Gasteiger partial charge < -0.3 is 15.6 Å². The molecule has 0 fully saturated rings. The molecule has 24 heavy (non-hydrogen) atoms. The number of amides is 2. The normalized spacial score (nSPS) is 10.5. The van der Waals surface area contributed by atoms with E-state index in [0.717, 1.165) is 18.4 Å². The number of carbonyl (C=O) groups excluding carboxylic acids is 1. The molecule has 0 atom stereocenters. The lowest BCUT2D eigenvalue weighted by Crippen LogP contribution is -2.31. The molecule has 0 saturated carbocycles. The van der Waals surface area contributed by atoms with Gasteiger partial charge >= 0.3 is 6.03 Å². The lowest BCUT2D eigenvalue weighted by atomic mass is 10.1. The number of hydrogen-bond donors (Lipinski definition) is 3. The predicted octanol–water partition coefficient (Wildman–Crippen LogP) is 3.28. The number of anilines is 1. The highest BCUT2D eigenvalue weighted by Gasteiger charge is 2.07. The van der Waals surface area contributed by atoms with Crippen molar-refractivity contribution in [3.63, 3.8) is 0 Å². The Morgan fingerprint density at radius 2 is 1.75 bits per heavy atom. The molecule has 5 nitrogen and oxygen atoms in total. The summed E-state index contributed by atoms with van der Waals surface area (Å²) in [5.74, 6) is 0. The van der Waals surface area contributed by atoms with Crippen LogP contribution in [0.1, 0.15) is 12.0 Å². The van der Waals surface area contributed by atoms with Gasteiger partial charge in [-0.3, -0.25) is 4.79 Å². The van der Waals surface area contributed by atoms with Crippen LogP contribution in [0.25, 0.3) is 10.9 Å². The molecule has 0 spiro atoms. The van der Waals surface area contributed by atoms with E-state index in [1.165, 1.54) is 11.8 Å². The van der Waals surface area contributed by atoms with Crippen molar-refractivity contribution in [2.24, 2.45) is 0 Å². The fraction of sp³-hybridized carbons (Fsp3) is 0.158. The van der Waals surface area contributed by atoms with Crippen LogP contribution in [0, 0.1) is 0 Å². The fourth-order valence-corrected chi connectivity index (χ4v) is 2.57. The molecule has 0 aliphatic heterocycles. The summed E-state index contributed by atoms with van der Waals surface area (Å²) < 4.78 is 0. The third-order valence-corrected chi connectivity index (χ3v) is 3.81. The number of carbonyl (C=O) groups is 1. The van der Waals surface area contributed by atoms with Gasteiger partial charge in [-0.2, -0.15) is 0 Å². The maximum atomic E-state index is 12.3. The molecular weight excluding hydrogens is 302 g/mol. The van der Waals surface area contributed by atoms with E-state index in [-0.39, 0.29) is 17.1 Å². The van der Waals surface area contributed by atoms with E-state index in [9.17, 15) is 9.59 Å². The zero-order chi connectivity index (χ0) is 16.8. The number of para-hydroxylation sites is 1. The molecule has 2 aromatic carbocycles. The number of aromatic nitrogens is 1. The van der Waals surface area contributed by atoms with Gasteiger partial charge in [-0.05, 0) is 30.5 Å². The van der Waals surface area contributed by atoms with Crippen LogP contribution in [0.2, 0.25) is 0 Å². The van der Waals surface area contributed by atoms with Crippen LogP contribution in [0.4, 0.5) is 10.5 Å². The average molecular weight is 321 g/mol. The molecular formula is C19H19N3O2. The van der Waals surface area contributed by atoms with Gasteiger partial charge in [0.05, 0.1) is 0 Å². The minimum atomic E-state index is -0.371. The van der Waals surface area contributed by atoms with Crippen LogP contribution in [0.3, 0.4) is 0 Å². The SMILES string of the molecule is O=C(NCCCc1ccccc1)Nc1c[nH]c2ccccc2c1=O. The van der Waals surface area contributed by atoms with Crippen LogP contribution < -0.4 is 16.1 Å². The molecule has 3 aromatic rings. The van der Waals surface area contributed by atoms with Crippen LogP contribution in [0.5, 0.6) is 0 Å². The summed E-state index contributed by atoms with van der Waals surface area (Å²) in [5, 5.41) is 5.94. The minimum Gasteiger partial charge on any atom is -0.359 e. The molecule has 0 aliphatic rings. The molecule has 0 aliphatic carbocycles. The summed E-state index contributed by atoms with van der Waals surface area (Å²) in [6, 6.07) is 16.9. The summed E-state index contributed by atoms with van der Waals surface area (Å²) in [6.45, 7) is 0.548. The lowest BCUT2D eigenvalue weighted by Gasteiger charge is -2.08. The van der Waals surface area contributed by atoms with E-state index in [1.54, 1.807) is 12.1 Å². The van der Waals surface area contributed by atoms with Crippen molar-refractivity contribution in [1.82, 2.24) is 10.3 Å². The first-order valence-electron chi connectivity index (χ1n) is 7.93.